The Morgan fingerprint density at radius 1 is 0.435 bits per heavy atom. The zero-order valence-corrected chi connectivity index (χ0v) is 54.3. The SMILES string of the molecule is C/C(=C\CCCC(P(=O)(O)O)S(=O)(=O)[O-])Cc1ccccc1.C/C(=C\CCCC(P(=O)(O)O)S(=O)(=O)[O-])Cc1ccccc1.C/C(=C\CCCC(P(=O)(O)O)S(=O)(=O)[O-])Cc1ccccc1.[K+].[K+].[K+]. The van der Waals surface area contributed by atoms with Crippen LogP contribution in [0.2, 0.25) is 0 Å². The minimum absolute atomic E-state index is 0. The summed E-state index contributed by atoms with van der Waals surface area (Å²) in [5.74, 6) is 0. The van der Waals surface area contributed by atoms with Crippen LogP contribution >= 0.6 is 22.8 Å². The van der Waals surface area contributed by atoms with Gasteiger partial charge < -0.3 is 43.0 Å². The van der Waals surface area contributed by atoms with E-state index in [9.17, 15) is 52.6 Å². The molecule has 69 heavy (non-hydrogen) atoms. The van der Waals surface area contributed by atoms with Gasteiger partial charge in [0.1, 0.15) is 30.4 Å². The van der Waals surface area contributed by atoms with Gasteiger partial charge in [-0.1, -0.05) is 126 Å². The van der Waals surface area contributed by atoms with Gasteiger partial charge in [-0.15, -0.1) is 0 Å². The fraction of sp³-hybridized carbons (Fsp3) is 0.429. The fourth-order valence-electron chi connectivity index (χ4n) is 6.33. The van der Waals surface area contributed by atoms with Crippen molar-refractivity contribution in [2.24, 2.45) is 0 Å². The van der Waals surface area contributed by atoms with Gasteiger partial charge >= 0.3 is 177 Å². The van der Waals surface area contributed by atoms with Crippen LogP contribution in [0.4, 0.5) is 0 Å². The van der Waals surface area contributed by atoms with E-state index in [4.69, 9.17) is 29.4 Å². The molecule has 0 spiro atoms. The van der Waals surface area contributed by atoms with E-state index in [0.717, 1.165) is 52.7 Å². The molecule has 3 unspecified atom stereocenters. The first-order chi connectivity index (χ1) is 30.3. The third-order valence-electron chi connectivity index (χ3n) is 9.55. The molecule has 0 fully saturated rings. The van der Waals surface area contributed by atoms with Crippen molar-refractivity contribution in [3.8, 4) is 0 Å². The Hall–Kier alpha value is 1.97. The Balaban J connectivity index is -0.000000927. The van der Waals surface area contributed by atoms with Crippen molar-refractivity contribution < 1.29 is 236 Å². The molecule has 0 aliphatic carbocycles. The van der Waals surface area contributed by atoms with Crippen LogP contribution in [-0.4, -0.2) is 83.2 Å². The molecule has 0 aliphatic heterocycles. The summed E-state index contributed by atoms with van der Waals surface area (Å²) in [6, 6.07) is 29.3. The number of unbranched alkanes of at least 4 members (excludes halogenated alkanes) is 3. The minimum Gasteiger partial charge on any atom is -0.747 e. The summed E-state index contributed by atoms with van der Waals surface area (Å²) in [6.07, 6.45) is 8.97. The number of rotatable bonds is 24. The summed E-state index contributed by atoms with van der Waals surface area (Å²) >= 11 is 0. The first-order valence-electron chi connectivity index (χ1n) is 20.4. The zero-order chi connectivity index (χ0) is 50.4. The van der Waals surface area contributed by atoms with Crippen LogP contribution in [0.25, 0.3) is 0 Å². The van der Waals surface area contributed by atoms with E-state index in [-0.39, 0.29) is 193 Å². The van der Waals surface area contributed by atoms with Gasteiger partial charge in [0.2, 0.25) is 0 Å². The van der Waals surface area contributed by atoms with Crippen LogP contribution in [-0.2, 0) is 63.3 Å². The van der Waals surface area contributed by atoms with Crippen molar-refractivity contribution in [2.45, 2.75) is 113 Å². The molecule has 372 valence electrons. The molecule has 0 aliphatic rings. The molecule has 0 amide bonds. The molecule has 18 nitrogen and oxygen atoms in total. The van der Waals surface area contributed by atoms with E-state index in [2.05, 4.69) is 0 Å². The molecule has 3 aromatic carbocycles. The quantitative estimate of drug-likeness (QED) is 0.0189. The largest absolute Gasteiger partial charge is 1.00 e. The van der Waals surface area contributed by atoms with Crippen LogP contribution < -0.4 is 154 Å². The van der Waals surface area contributed by atoms with Crippen LogP contribution in [0.5, 0.6) is 0 Å². The van der Waals surface area contributed by atoms with Crippen molar-refractivity contribution in [3.05, 3.63) is 143 Å². The topological polar surface area (TPSA) is 344 Å². The van der Waals surface area contributed by atoms with Crippen molar-refractivity contribution in [1.29, 1.82) is 0 Å². The van der Waals surface area contributed by atoms with Gasteiger partial charge in [-0.2, -0.15) is 0 Å². The van der Waals surface area contributed by atoms with E-state index < -0.39 is 68.1 Å². The smallest absolute Gasteiger partial charge is 0.747 e. The molecule has 27 heteroatoms. The molecule has 0 bridgehead atoms. The molecule has 3 rings (SSSR count). The number of hydrogen-bond donors (Lipinski definition) is 6. The standard InChI is InChI=1S/3C14H21O6PS.3K/c3*1-12(11-13-8-3-2-4-9-13)7-5-6-10-14(21(15,16)17)22(18,19)20;;;/h3*2-4,7-9,14H,5-6,10-11H2,1H3,(H2,15,16,17)(H,18,19,20);;;/q;;;3*+1/p-3/b3*12-7+;;;. The van der Waals surface area contributed by atoms with Crippen LogP contribution in [0, 0.1) is 0 Å². The molecule has 0 saturated carbocycles. The van der Waals surface area contributed by atoms with Crippen molar-refractivity contribution in [3.63, 3.8) is 0 Å². The van der Waals surface area contributed by atoms with E-state index in [1.165, 1.54) is 0 Å². The summed E-state index contributed by atoms with van der Waals surface area (Å²) in [6.45, 7) is 5.79. The molecule has 0 heterocycles. The van der Waals surface area contributed by atoms with Crippen molar-refractivity contribution in [2.75, 3.05) is 0 Å². The molecule has 3 aromatic rings. The second-order valence-electron chi connectivity index (χ2n) is 15.5. The third-order valence-corrected chi connectivity index (χ3v) is 20.1. The molecule has 0 saturated heterocycles. The fourth-order valence-corrected chi connectivity index (χ4v) is 13.3. The van der Waals surface area contributed by atoms with E-state index >= 15 is 0 Å². The van der Waals surface area contributed by atoms with E-state index in [0.29, 0.717) is 19.3 Å². The van der Waals surface area contributed by atoms with Gasteiger partial charge in [-0.25, -0.2) is 25.3 Å². The zero-order valence-electron chi connectivity index (χ0n) is 39.8. The van der Waals surface area contributed by atoms with E-state index in [1.54, 1.807) is 0 Å². The Labute approximate surface area is 535 Å². The summed E-state index contributed by atoms with van der Waals surface area (Å²) in [5, 5.41) is 0. The van der Waals surface area contributed by atoms with Crippen molar-refractivity contribution in [1.82, 2.24) is 0 Å². The van der Waals surface area contributed by atoms with Gasteiger partial charge in [0.05, 0.1) is 0 Å². The first kappa shape index (κ1) is 75.2. The van der Waals surface area contributed by atoms with Gasteiger partial charge in [-0.3, -0.25) is 13.7 Å². The minimum atomic E-state index is -5.01. The predicted molar refractivity (Wildman–Crippen MR) is 250 cm³/mol. The molecule has 3 atom stereocenters. The van der Waals surface area contributed by atoms with Gasteiger partial charge in [0.15, 0.2) is 15.0 Å². The maximum absolute atomic E-state index is 11.0. The van der Waals surface area contributed by atoms with Crippen LogP contribution in [0.3, 0.4) is 0 Å². The molecule has 0 aromatic heterocycles. The Morgan fingerprint density at radius 2 is 0.623 bits per heavy atom. The monoisotopic (exact) mass is 1160 g/mol. The maximum atomic E-state index is 11.0. The molecule has 6 N–H and O–H groups in total. The average molecular weight is 1160 g/mol. The van der Waals surface area contributed by atoms with Crippen molar-refractivity contribution >= 4 is 53.1 Å². The summed E-state index contributed by atoms with van der Waals surface area (Å²) in [7, 11) is -29.8. The average Bonchev–Trinajstić information content (AvgIpc) is 3.16. The Bertz CT molecular complexity index is 2240. The Kier molecular flexibility index (Phi) is 40.2. The third kappa shape index (κ3) is 35.8. The molecular formula is C42H60K3O18P3S3. The van der Waals surface area contributed by atoms with Gasteiger partial charge in [0.25, 0.3) is 0 Å². The summed E-state index contributed by atoms with van der Waals surface area (Å²) < 4.78 is 131. The number of allylic oxidation sites excluding steroid dienone is 6. The Morgan fingerprint density at radius 3 is 0.783 bits per heavy atom. The van der Waals surface area contributed by atoms with Gasteiger partial charge in [0, 0.05) is 0 Å². The van der Waals surface area contributed by atoms with E-state index in [1.807, 2.05) is 130 Å². The first-order valence-corrected chi connectivity index (χ1v) is 29.9. The second-order valence-corrected chi connectivity index (χ2v) is 26.7. The van der Waals surface area contributed by atoms with Gasteiger partial charge in [-0.05, 0) is 115 Å². The predicted octanol–water partition coefficient (Wildman–Crippen LogP) is -1.80. The maximum Gasteiger partial charge on any atom is 1.00 e. The summed E-state index contributed by atoms with van der Waals surface area (Å²) in [5.41, 5.74) is 6.65. The summed E-state index contributed by atoms with van der Waals surface area (Å²) in [4.78, 5) is 47.1. The molecule has 0 radical (unpaired) electrons. The normalized spacial score (nSPS) is 14.2. The van der Waals surface area contributed by atoms with Crippen LogP contribution in [0.15, 0.2) is 126 Å². The number of hydrogen-bond acceptors (Lipinski definition) is 12. The second kappa shape index (κ2) is 36.9. The van der Waals surface area contributed by atoms with Crippen LogP contribution in [0.1, 0.15) is 95.2 Å². The number of benzene rings is 3. The molecular weight excluding hydrogens is 1100 g/mol.